The van der Waals surface area contributed by atoms with Crippen LogP contribution in [-0.2, 0) is 33.3 Å². The molecule has 0 saturated heterocycles. The molecule has 0 radical (unpaired) electrons. The molecule has 2 unspecified atom stereocenters. The van der Waals surface area contributed by atoms with Gasteiger partial charge in [-0.3, -0.25) is 9.59 Å². The van der Waals surface area contributed by atoms with Gasteiger partial charge >= 0.3 is 11.9 Å². The van der Waals surface area contributed by atoms with E-state index in [4.69, 9.17) is 18.9 Å². The molecule has 0 heterocycles. The first-order chi connectivity index (χ1) is 49.6. The molecule has 0 aromatic rings. The Morgan fingerprint density at radius 1 is 0.307 bits per heavy atom. The van der Waals surface area contributed by atoms with Gasteiger partial charge in [0.05, 0.1) is 40.3 Å². The molecule has 0 aliphatic heterocycles. The average Bonchev–Trinajstić information content (AvgIpc) is 1.21. The number of carbonyl (C=O) groups excluding carboxylic acids is 3. The van der Waals surface area contributed by atoms with Crippen molar-refractivity contribution in [3.05, 3.63) is 109 Å². The summed E-state index contributed by atoms with van der Waals surface area (Å²) < 4.78 is 22.9. The van der Waals surface area contributed by atoms with E-state index in [1.54, 1.807) is 0 Å². The van der Waals surface area contributed by atoms with E-state index >= 15 is 0 Å². The van der Waals surface area contributed by atoms with E-state index < -0.39 is 24.3 Å². The first kappa shape index (κ1) is 97.0. The number of nitrogens with zero attached hydrogens (tertiary/aromatic N) is 1. The third-order valence-corrected chi connectivity index (χ3v) is 19.0. The summed E-state index contributed by atoms with van der Waals surface area (Å²) in [6.45, 7) is 4.68. The van der Waals surface area contributed by atoms with E-state index in [-0.39, 0.29) is 32.2 Å². The highest BCUT2D eigenvalue weighted by atomic mass is 16.7. The van der Waals surface area contributed by atoms with Crippen LogP contribution in [0.4, 0.5) is 0 Å². The highest BCUT2D eigenvalue weighted by Crippen LogP contribution is 2.20. The first-order valence-corrected chi connectivity index (χ1v) is 43.0. The van der Waals surface area contributed by atoms with Gasteiger partial charge in [-0.05, 0) is 103 Å². The highest BCUT2D eigenvalue weighted by Gasteiger charge is 2.22. The van der Waals surface area contributed by atoms with Crippen LogP contribution in [0.5, 0.6) is 0 Å². The van der Waals surface area contributed by atoms with E-state index in [2.05, 4.69) is 123 Å². The third-order valence-electron chi connectivity index (χ3n) is 19.0. The Bertz CT molecular complexity index is 2040. The number of unbranched alkanes of at least 4 members (excludes halogenated alkanes) is 47. The number of esters is 2. The first-order valence-electron chi connectivity index (χ1n) is 43.0. The number of hydrogen-bond donors (Lipinski definition) is 0. The Kier molecular flexibility index (Phi) is 78.3. The summed E-state index contributed by atoms with van der Waals surface area (Å²) in [4.78, 5) is 37.7. The fraction of sp³-hybridized carbons (Fsp3) is 0.772. The number of rotatable bonds is 80. The van der Waals surface area contributed by atoms with Crippen molar-refractivity contribution in [2.24, 2.45) is 0 Å². The van der Waals surface area contributed by atoms with Crippen LogP contribution < -0.4 is 5.11 Å². The zero-order chi connectivity index (χ0) is 73.2. The Labute approximate surface area is 625 Å². The number of quaternary nitrogens is 1. The van der Waals surface area contributed by atoms with Gasteiger partial charge in [-0.15, -0.1) is 0 Å². The van der Waals surface area contributed by atoms with Crippen LogP contribution in [0, 0.1) is 0 Å². The fourth-order valence-corrected chi connectivity index (χ4v) is 12.5. The molecular formula is C92H163NO8. The molecule has 0 amide bonds. The molecule has 9 heteroatoms. The normalized spacial score (nSPS) is 13.2. The molecule has 0 aromatic carbocycles. The van der Waals surface area contributed by atoms with Gasteiger partial charge in [0, 0.05) is 12.8 Å². The van der Waals surface area contributed by atoms with Gasteiger partial charge in [-0.25, -0.2) is 0 Å². The van der Waals surface area contributed by atoms with Crippen molar-refractivity contribution in [3.63, 3.8) is 0 Å². The molecule has 0 aliphatic carbocycles. The predicted molar refractivity (Wildman–Crippen MR) is 435 cm³/mol. The number of allylic oxidation sites excluding steroid dienone is 18. The van der Waals surface area contributed by atoms with Crippen molar-refractivity contribution in [1.29, 1.82) is 0 Å². The number of aliphatic carboxylic acids is 1. The van der Waals surface area contributed by atoms with E-state index in [9.17, 15) is 19.5 Å². The van der Waals surface area contributed by atoms with Gasteiger partial charge in [-0.1, -0.05) is 393 Å². The summed E-state index contributed by atoms with van der Waals surface area (Å²) >= 11 is 0. The average molecular weight is 1410 g/mol. The van der Waals surface area contributed by atoms with Crippen LogP contribution in [0.3, 0.4) is 0 Å². The number of ether oxygens (including phenoxy) is 4. The quantitative estimate of drug-likeness (QED) is 0.0195. The summed E-state index contributed by atoms with van der Waals surface area (Å²) in [5.74, 6) is -2.26. The maximum Gasteiger partial charge on any atom is 0.306 e. The smallest absolute Gasteiger partial charge is 0.306 e. The standard InChI is InChI=1S/C92H163NO8/c1-6-8-10-12-14-16-18-20-22-24-26-28-30-32-34-36-38-40-42-44-45-47-49-51-53-55-57-59-61-63-65-67-69-71-73-75-77-79-81-83-90(95)101-88(87-100-92(91(96)97)98-85-84-93(3,4)5)86-99-89(94)82-80-78-76-74-72-70-68-66-64-62-60-58-56-54-52-50-48-46-43-41-39-37-35-33-31-29-27-25-23-21-19-17-15-13-11-9-7-2/h8,10,14,16,19-22,25-28,31-34,38,40,88,92H,6-7,9,11-13,15,17-18,23-24,29-30,35-37,39,41-87H2,1-5H3/b10-8-,16-14-,21-19-,22-20-,27-25-,28-26-,33-31-,34-32-,40-38-. The molecule has 0 N–H and O–H groups in total. The van der Waals surface area contributed by atoms with E-state index in [0.29, 0.717) is 23.9 Å². The summed E-state index contributed by atoms with van der Waals surface area (Å²) in [7, 11) is 5.95. The van der Waals surface area contributed by atoms with Gasteiger partial charge < -0.3 is 33.3 Å². The summed E-state index contributed by atoms with van der Waals surface area (Å²) in [5.41, 5.74) is 0. The van der Waals surface area contributed by atoms with Crippen molar-refractivity contribution in [1.82, 2.24) is 0 Å². The number of carboxylic acids is 1. The lowest BCUT2D eigenvalue weighted by atomic mass is 10.0. The molecule has 0 bridgehead atoms. The zero-order valence-electron chi connectivity index (χ0n) is 67.0. The second kappa shape index (κ2) is 81.6. The molecule has 0 fully saturated rings. The van der Waals surface area contributed by atoms with Crippen LogP contribution in [0.15, 0.2) is 109 Å². The van der Waals surface area contributed by atoms with Gasteiger partial charge in [-0.2, -0.15) is 0 Å². The lowest BCUT2D eigenvalue weighted by Crippen LogP contribution is -2.44. The van der Waals surface area contributed by atoms with Crippen LogP contribution in [-0.4, -0.2) is 82.3 Å². The van der Waals surface area contributed by atoms with Crippen molar-refractivity contribution in [2.75, 3.05) is 47.5 Å². The Hall–Kier alpha value is -4.05. The summed E-state index contributed by atoms with van der Waals surface area (Å²) in [6.07, 6.45) is 112. The molecular weight excluding hydrogens is 1250 g/mol. The highest BCUT2D eigenvalue weighted by molar-refractivity contribution is 5.70. The molecule has 0 spiro atoms. The van der Waals surface area contributed by atoms with Gasteiger partial charge in [0.25, 0.3) is 0 Å². The molecule has 0 saturated carbocycles. The summed E-state index contributed by atoms with van der Waals surface area (Å²) in [5, 5.41) is 11.9. The number of likely N-dealkylation sites (N-methyl/N-ethyl adjacent to an activating group) is 1. The fourth-order valence-electron chi connectivity index (χ4n) is 12.5. The van der Waals surface area contributed by atoms with Gasteiger partial charge in [0.15, 0.2) is 12.4 Å². The Morgan fingerprint density at radius 3 is 0.842 bits per heavy atom. The van der Waals surface area contributed by atoms with Crippen molar-refractivity contribution in [2.45, 2.75) is 411 Å². The lowest BCUT2D eigenvalue weighted by molar-refractivity contribution is -0.870. The minimum Gasteiger partial charge on any atom is -0.545 e. The van der Waals surface area contributed by atoms with Crippen molar-refractivity contribution >= 4 is 17.9 Å². The molecule has 0 rings (SSSR count). The van der Waals surface area contributed by atoms with E-state index in [1.165, 1.54) is 283 Å². The SMILES string of the molecule is CC/C=C\C/C=C\C/C=C\C/C=C\C/C=C\C/C=C\CCCCCCCCCCCCCCCCCCCCCCC(=O)OC(COC(=O)CCCCCCCCCCCCCCCCCCCCCCCC/C=C\C/C=C\C/C=C\CCCCCCC)COC(OCC[N+](C)(C)C)C(=O)[O-]. The molecule has 9 nitrogen and oxygen atoms in total. The largest absolute Gasteiger partial charge is 0.545 e. The van der Waals surface area contributed by atoms with Crippen LogP contribution >= 0.6 is 0 Å². The Morgan fingerprint density at radius 2 is 0.564 bits per heavy atom. The van der Waals surface area contributed by atoms with Crippen LogP contribution in [0.1, 0.15) is 399 Å². The minimum atomic E-state index is -1.62. The van der Waals surface area contributed by atoms with E-state index in [1.807, 2.05) is 21.1 Å². The topological polar surface area (TPSA) is 111 Å². The third kappa shape index (κ3) is 83.1. The molecule has 0 aromatic heterocycles. The lowest BCUT2D eigenvalue weighted by Gasteiger charge is -2.26. The number of hydrogen-bond acceptors (Lipinski definition) is 8. The molecule has 584 valence electrons. The summed E-state index contributed by atoms with van der Waals surface area (Å²) in [6, 6.07) is 0. The van der Waals surface area contributed by atoms with Gasteiger partial charge in [0.1, 0.15) is 13.2 Å². The molecule has 101 heavy (non-hydrogen) atoms. The minimum absolute atomic E-state index is 0.148. The maximum absolute atomic E-state index is 13.0. The molecule has 2 atom stereocenters. The maximum atomic E-state index is 13.0. The molecule has 0 aliphatic rings. The predicted octanol–water partition coefficient (Wildman–Crippen LogP) is 26.7. The second-order valence-electron chi connectivity index (χ2n) is 30.1. The van der Waals surface area contributed by atoms with Crippen molar-refractivity contribution < 1.29 is 42.9 Å². The Balaban J connectivity index is 3.96. The zero-order valence-corrected chi connectivity index (χ0v) is 67.0. The van der Waals surface area contributed by atoms with Crippen LogP contribution in [0.2, 0.25) is 0 Å². The second-order valence-corrected chi connectivity index (χ2v) is 30.1. The van der Waals surface area contributed by atoms with Crippen molar-refractivity contribution in [3.8, 4) is 0 Å². The number of carbonyl (C=O) groups is 3. The van der Waals surface area contributed by atoms with Crippen LogP contribution in [0.25, 0.3) is 0 Å². The van der Waals surface area contributed by atoms with Gasteiger partial charge in [0.2, 0.25) is 0 Å². The number of carboxylic acid groups (broad SMARTS) is 1. The van der Waals surface area contributed by atoms with E-state index in [0.717, 1.165) is 83.5 Å². The monoisotopic (exact) mass is 1410 g/mol.